The smallest absolute Gasteiger partial charge is 0.409 e. The van der Waals surface area contributed by atoms with E-state index in [1.165, 1.54) is 6.07 Å². The molecule has 0 atom stereocenters. The van der Waals surface area contributed by atoms with Gasteiger partial charge < -0.3 is 25.4 Å². The quantitative estimate of drug-likeness (QED) is 0.695. The Bertz CT molecular complexity index is 837. The van der Waals surface area contributed by atoms with E-state index in [2.05, 4.69) is 20.6 Å². The van der Waals surface area contributed by atoms with Gasteiger partial charge in [0.05, 0.1) is 17.9 Å². The average molecular weight is 385 g/mol. The van der Waals surface area contributed by atoms with Crippen molar-refractivity contribution in [3.8, 4) is 0 Å². The van der Waals surface area contributed by atoms with Crippen LogP contribution in [-0.2, 0) is 4.74 Å². The molecule has 28 heavy (non-hydrogen) atoms. The first-order valence-electron chi connectivity index (χ1n) is 9.17. The highest BCUT2D eigenvalue weighted by atomic mass is 16.6. The number of carbonyl (C=O) groups excluding carboxylic acids is 1. The number of anilines is 3. The molecule has 0 radical (unpaired) electrons. The number of aromatic carboxylic acids is 1. The summed E-state index contributed by atoms with van der Waals surface area (Å²) in [6.45, 7) is 3.38. The Hall–Kier alpha value is -3.36. The molecular weight excluding hydrogens is 362 g/mol. The molecule has 1 aromatic heterocycles. The third-order valence-electron chi connectivity index (χ3n) is 4.43. The average Bonchev–Trinajstić information content (AvgIpc) is 2.69. The zero-order valence-corrected chi connectivity index (χ0v) is 15.6. The number of rotatable bonds is 6. The lowest BCUT2D eigenvalue weighted by Gasteiger charge is -2.31. The highest BCUT2D eigenvalue weighted by molar-refractivity contribution is 5.94. The third kappa shape index (κ3) is 4.87. The van der Waals surface area contributed by atoms with Gasteiger partial charge in [-0.15, -0.1) is 0 Å². The number of benzene rings is 1. The third-order valence-corrected chi connectivity index (χ3v) is 4.43. The molecule has 1 aliphatic rings. The Morgan fingerprint density at radius 1 is 1.25 bits per heavy atom. The Kier molecular flexibility index (Phi) is 6.25. The fraction of sp³-hybridized carbons (Fsp3) is 0.368. The number of ether oxygens (including phenoxy) is 1. The minimum atomic E-state index is -1.01. The van der Waals surface area contributed by atoms with Gasteiger partial charge in [-0.2, -0.15) is 4.98 Å². The van der Waals surface area contributed by atoms with Crippen LogP contribution in [0.25, 0.3) is 0 Å². The summed E-state index contributed by atoms with van der Waals surface area (Å²) < 4.78 is 5.03. The van der Waals surface area contributed by atoms with Crippen LogP contribution in [0.5, 0.6) is 0 Å². The molecule has 1 saturated heterocycles. The molecule has 2 heterocycles. The molecule has 0 bridgehead atoms. The van der Waals surface area contributed by atoms with Crippen LogP contribution in [0.1, 0.15) is 30.1 Å². The normalized spacial score (nSPS) is 14.4. The van der Waals surface area contributed by atoms with Crippen LogP contribution in [0.15, 0.2) is 36.5 Å². The molecule has 0 saturated carbocycles. The number of hydrogen-bond donors (Lipinski definition) is 3. The molecule has 1 aromatic carbocycles. The molecule has 9 heteroatoms. The number of amides is 1. The first-order chi connectivity index (χ1) is 13.6. The van der Waals surface area contributed by atoms with Gasteiger partial charge in [0.15, 0.2) is 0 Å². The predicted octanol–water partition coefficient (Wildman–Crippen LogP) is 2.95. The summed E-state index contributed by atoms with van der Waals surface area (Å²) in [5.41, 5.74) is 0.629. The second kappa shape index (κ2) is 9.03. The lowest BCUT2D eigenvalue weighted by Crippen LogP contribution is -2.42. The van der Waals surface area contributed by atoms with Gasteiger partial charge in [0.2, 0.25) is 5.95 Å². The van der Waals surface area contributed by atoms with Crippen molar-refractivity contribution in [1.82, 2.24) is 14.9 Å². The topological polar surface area (TPSA) is 117 Å². The van der Waals surface area contributed by atoms with Crippen LogP contribution in [0.3, 0.4) is 0 Å². The lowest BCUT2D eigenvalue weighted by atomic mass is 10.1. The van der Waals surface area contributed by atoms with E-state index in [-0.39, 0.29) is 17.7 Å². The molecule has 0 spiro atoms. The maximum absolute atomic E-state index is 11.8. The standard InChI is InChI=1S/C19H23N5O4/c1-2-28-19(27)24-11-8-13(9-12-24)21-18-20-10-7-16(23-18)22-15-6-4-3-5-14(15)17(25)26/h3-7,10,13H,2,8-9,11-12H2,1H3,(H,25,26)(H2,20,21,22,23). The highest BCUT2D eigenvalue weighted by Crippen LogP contribution is 2.21. The largest absolute Gasteiger partial charge is 0.478 e. The summed E-state index contributed by atoms with van der Waals surface area (Å²) in [6, 6.07) is 8.46. The highest BCUT2D eigenvalue weighted by Gasteiger charge is 2.24. The van der Waals surface area contributed by atoms with Crippen molar-refractivity contribution < 1.29 is 19.4 Å². The number of piperidine rings is 1. The molecule has 3 rings (SSSR count). The van der Waals surface area contributed by atoms with Crippen molar-refractivity contribution in [2.24, 2.45) is 0 Å². The zero-order chi connectivity index (χ0) is 19.9. The molecule has 1 amide bonds. The predicted molar refractivity (Wildman–Crippen MR) is 104 cm³/mol. The van der Waals surface area contributed by atoms with Gasteiger partial charge in [-0.05, 0) is 38.0 Å². The van der Waals surface area contributed by atoms with Crippen LogP contribution in [0.4, 0.5) is 22.2 Å². The van der Waals surface area contributed by atoms with E-state index in [9.17, 15) is 14.7 Å². The zero-order valence-electron chi connectivity index (χ0n) is 15.6. The first kappa shape index (κ1) is 19.4. The number of hydrogen-bond acceptors (Lipinski definition) is 7. The second-order valence-electron chi connectivity index (χ2n) is 6.35. The Labute approximate surface area is 162 Å². The van der Waals surface area contributed by atoms with E-state index in [0.717, 1.165) is 12.8 Å². The van der Waals surface area contributed by atoms with Crippen molar-refractivity contribution in [3.63, 3.8) is 0 Å². The van der Waals surface area contributed by atoms with Crippen molar-refractivity contribution in [1.29, 1.82) is 0 Å². The molecule has 148 valence electrons. The lowest BCUT2D eigenvalue weighted by molar-refractivity contribution is 0.0697. The SMILES string of the molecule is CCOC(=O)N1CCC(Nc2nccc(Nc3ccccc3C(=O)O)n2)CC1. The number of likely N-dealkylation sites (tertiary alicyclic amines) is 1. The molecule has 0 unspecified atom stereocenters. The summed E-state index contributed by atoms with van der Waals surface area (Å²) in [5.74, 6) is -0.0635. The fourth-order valence-electron chi connectivity index (χ4n) is 3.02. The monoisotopic (exact) mass is 385 g/mol. The Morgan fingerprint density at radius 3 is 2.71 bits per heavy atom. The number of aromatic nitrogens is 2. The molecule has 1 aliphatic heterocycles. The van der Waals surface area contributed by atoms with Crippen molar-refractivity contribution in [3.05, 3.63) is 42.1 Å². The minimum Gasteiger partial charge on any atom is -0.478 e. The molecule has 3 N–H and O–H groups in total. The summed E-state index contributed by atoms with van der Waals surface area (Å²) in [4.78, 5) is 33.4. The number of nitrogens with one attached hydrogen (secondary N) is 2. The van der Waals surface area contributed by atoms with Crippen LogP contribution < -0.4 is 10.6 Å². The van der Waals surface area contributed by atoms with Crippen LogP contribution >= 0.6 is 0 Å². The van der Waals surface area contributed by atoms with Gasteiger partial charge in [0, 0.05) is 25.3 Å². The van der Waals surface area contributed by atoms with Gasteiger partial charge in [0.1, 0.15) is 5.82 Å². The Balaban J connectivity index is 1.60. The number of nitrogens with zero attached hydrogens (tertiary/aromatic N) is 3. The number of carbonyl (C=O) groups is 2. The summed E-state index contributed by atoms with van der Waals surface area (Å²) >= 11 is 0. The van der Waals surface area contributed by atoms with Crippen molar-refractivity contribution in [2.45, 2.75) is 25.8 Å². The van der Waals surface area contributed by atoms with Gasteiger partial charge in [-0.1, -0.05) is 12.1 Å². The van der Waals surface area contributed by atoms with Crippen LogP contribution in [0.2, 0.25) is 0 Å². The second-order valence-corrected chi connectivity index (χ2v) is 6.35. The summed E-state index contributed by atoms with van der Waals surface area (Å²) in [7, 11) is 0. The van der Waals surface area contributed by atoms with Gasteiger partial charge in [-0.3, -0.25) is 0 Å². The van der Waals surface area contributed by atoms with Gasteiger partial charge >= 0.3 is 12.1 Å². The fourth-order valence-corrected chi connectivity index (χ4v) is 3.02. The van der Waals surface area contributed by atoms with E-state index in [4.69, 9.17) is 4.74 Å². The van der Waals surface area contributed by atoms with Crippen molar-refractivity contribution in [2.75, 3.05) is 30.3 Å². The number of carboxylic acid groups (broad SMARTS) is 1. The van der Waals surface area contributed by atoms with E-state index in [0.29, 0.717) is 37.1 Å². The number of carboxylic acids is 1. The first-order valence-corrected chi connectivity index (χ1v) is 9.17. The molecular formula is C19H23N5O4. The van der Waals surface area contributed by atoms with Crippen LogP contribution in [-0.4, -0.2) is 57.8 Å². The summed E-state index contributed by atoms with van der Waals surface area (Å²) in [6.07, 6.45) is 2.86. The molecule has 1 fully saturated rings. The van der Waals surface area contributed by atoms with E-state index < -0.39 is 5.97 Å². The Morgan fingerprint density at radius 2 is 2.00 bits per heavy atom. The van der Waals surface area contributed by atoms with E-state index >= 15 is 0 Å². The molecule has 9 nitrogen and oxygen atoms in total. The van der Waals surface area contributed by atoms with E-state index in [1.54, 1.807) is 42.3 Å². The van der Waals surface area contributed by atoms with Crippen LogP contribution in [0, 0.1) is 0 Å². The molecule has 0 aliphatic carbocycles. The molecule has 2 aromatic rings. The van der Waals surface area contributed by atoms with Crippen molar-refractivity contribution >= 4 is 29.5 Å². The maximum Gasteiger partial charge on any atom is 0.409 e. The minimum absolute atomic E-state index is 0.146. The van der Waals surface area contributed by atoms with Gasteiger partial charge in [0.25, 0.3) is 0 Å². The number of para-hydroxylation sites is 1. The van der Waals surface area contributed by atoms with Gasteiger partial charge in [-0.25, -0.2) is 14.6 Å². The summed E-state index contributed by atoms with van der Waals surface area (Å²) in [5, 5.41) is 15.6. The van der Waals surface area contributed by atoms with E-state index in [1.807, 2.05) is 0 Å². The maximum atomic E-state index is 11.8.